The van der Waals surface area contributed by atoms with E-state index in [-0.39, 0.29) is 17.1 Å². The van der Waals surface area contributed by atoms with Crippen molar-refractivity contribution in [1.29, 1.82) is 0 Å². The number of hydrogen-bond donors (Lipinski definition) is 0. The molecular formula is C22H21FN2O3. The van der Waals surface area contributed by atoms with Crippen molar-refractivity contribution in [1.82, 2.24) is 9.80 Å². The Labute approximate surface area is 162 Å². The number of rotatable bonds is 5. The average Bonchev–Trinajstić information content (AvgIpc) is 2.94. The Morgan fingerprint density at radius 2 is 1.89 bits per heavy atom. The van der Waals surface area contributed by atoms with Crippen LogP contribution in [0.3, 0.4) is 0 Å². The number of nitrogens with zero attached hydrogens (tertiary/aromatic N) is 2. The molecule has 0 N–H and O–H groups in total. The first kappa shape index (κ1) is 18.4. The summed E-state index contributed by atoms with van der Waals surface area (Å²) < 4.78 is 19.8. The molecule has 28 heavy (non-hydrogen) atoms. The standard InChI is InChI=1S/C22H21FN2O3/c1-24(2)11-6-12-25-19(14-7-5-8-15(23)13-14)18-20(26)16-9-3-4-10-17(16)28-21(18)22(25)27/h3-5,7-10,13,19H,6,11-12H2,1-2H3/t19-/m1/s1. The molecule has 144 valence electrons. The maximum atomic E-state index is 13.9. The van der Waals surface area contributed by atoms with Gasteiger partial charge in [-0.15, -0.1) is 0 Å². The number of carbonyl (C=O) groups excluding carboxylic acids is 1. The summed E-state index contributed by atoms with van der Waals surface area (Å²) in [6.07, 6.45) is 0.728. The van der Waals surface area contributed by atoms with Gasteiger partial charge in [0, 0.05) is 6.54 Å². The molecule has 0 aliphatic carbocycles. The predicted octanol–water partition coefficient (Wildman–Crippen LogP) is 3.43. The summed E-state index contributed by atoms with van der Waals surface area (Å²) in [7, 11) is 3.92. The van der Waals surface area contributed by atoms with Gasteiger partial charge in [-0.05, 0) is 56.9 Å². The van der Waals surface area contributed by atoms with Crippen LogP contribution in [0.2, 0.25) is 0 Å². The van der Waals surface area contributed by atoms with Crippen molar-refractivity contribution in [2.45, 2.75) is 12.5 Å². The van der Waals surface area contributed by atoms with Gasteiger partial charge in [0.05, 0.1) is 17.0 Å². The van der Waals surface area contributed by atoms with Crippen molar-refractivity contribution in [3.05, 3.63) is 81.5 Å². The van der Waals surface area contributed by atoms with Crippen LogP contribution >= 0.6 is 0 Å². The van der Waals surface area contributed by atoms with Crippen LogP contribution in [0.25, 0.3) is 11.0 Å². The second kappa shape index (κ2) is 7.20. The van der Waals surface area contributed by atoms with Crippen LogP contribution < -0.4 is 5.43 Å². The molecule has 0 radical (unpaired) electrons. The molecule has 0 spiro atoms. The Balaban J connectivity index is 1.88. The van der Waals surface area contributed by atoms with E-state index in [0.717, 1.165) is 13.0 Å². The smallest absolute Gasteiger partial charge is 0.290 e. The van der Waals surface area contributed by atoms with Gasteiger partial charge < -0.3 is 14.2 Å². The number of halogens is 1. The SMILES string of the molecule is CN(C)CCCN1C(=O)c2oc3ccccc3c(=O)c2[C@H]1c1cccc(F)c1. The molecule has 0 saturated heterocycles. The topological polar surface area (TPSA) is 53.8 Å². The number of carbonyl (C=O) groups is 1. The fourth-order valence-corrected chi connectivity index (χ4v) is 3.78. The highest BCUT2D eigenvalue weighted by Crippen LogP contribution is 2.38. The molecule has 1 aliphatic heterocycles. The molecule has 0 saturated carbocycles. The van der Waals surface area contributed by atoms with Crippen LogP contribution in [-0.2, 0) is 0 Å². The first-order chi connectivity index (χ1) is 13.5. The van der Waals surface area contributed by atoms with E-state index in [1.54, 1.807) is 41.3 Å². The second-order valence-electron chi connectivity index (χ2n) is 7.28. The second-order valence-corrected chi connectivity index (χ2v) is 7.28. The minimum Gasteiger partial charge on any atom is -0.450 e. The largest absolute Gasteiger partial charge is 0.450 e. The first-order valence-corrected chi connectivity index (χ1v) is 9.24. The first-order valence-electron chi connectivity index (χ1n) is 9.24. The Kier molecular flexibility index (Phi) is 4.73. The van der Waals surface area contributed by atoms with Crippen LogP contribution in [0.4, 0.5) is 4.39 Å². The van der Waals surface area contributed by atoms with Gasteiger partial charge in [0.2, 0.25) is 5.76 Å². The summed E-state index contributed by atoms with van der Waals surface area (Å²) in [5.74, 6) is -0.675. The Bertz CT molecular complexity index is 1110. The highest BCUT2D eigenvalue weighted by Gasteiger charge is 2.42. The van der Waals surface area contributed by atoms with E-state index in [9.17, 15) is 14.0 Å². The predicted molar refractivity (Wildman–Crippen MR) is 105 cm³/mol. The lowest BCUT2D eigenvalue weighted by Gasteiger charge is -2.25. The minimum atomic E-state index is -0.652. The van der Waals surface area contributed by atoms with E-state index in [1.165, 1.54) is 12.1 Å². The lowest BCUT2D eigenvalue weighted by molar-refractivity contribution is 0.0722. The molecule has 5 nitrogen and oxygen atoms in total. The van der Waals surface area contributed by atoms with Gasteiger partial charge in [0.1, 0.15) is 11.4 Å². The normalized spacial score (nSPS) is 16.2. The summed E-state index contributed by atoms with van der Waals surface area (Å²) in [5.41, 5.74) is 1.00. The molecule has 0 unspecified atom stereocenters. The van der Waals surface area contributed by atoms with Crippen molar-refractivity contribution in [3.8, 4) is 0 Å². The van der Waals surface area contributed by atoms with Crippen LogP contribution in [-0.4, -0.2) is 42.9 Å². The summed E-state index contributed by atoms with van der Waals surface area (Å²) in [5, 5.41) is 0.422. The van der Waals surface area contributed by atoms with Crippen molar-refractivity contribution < 1.29 is 13.6 Å². The van der Waals surface area contributed by atoms with E-state index >= 15 is 0 Å². The van der Waals surface area contributed by atoms with E-state index in [1.807, 2.05) is 19.0 Å². The fraction of sp³-hybridized carbons (Fsp3) is 0.273. The molecule has 1 aliphatic rings. The van der Waals surface area contributed by atoms with Crippen molar-refractivity contribution >= 4 is 16.9 Å². The third-order valence-corrected chi connectivity index (χ3v) is 5.04. The Morgan fingerprint density at radius 3 is 2.64 bits per heavy atom. The van der Waals surface area contributed by atoms with Crippen LogP contribution in [0, 0.1) is 5.82 Å². The summed E-state index contributed by atoms with van der Waals surface area (Å²) in [6, 6.07) is 12.3. The lowest BCUT2D eigenvalue weighted by atomic mass is 9.98. The van der Waals surface area contributed by atoms with Crippen molar-refractivity contribution in [3.63, 3.8) is 0 Å². The molecule has 4 rings (SSSR count). The van der Waals surface area contributed by atoms with Crippen LogP contribution in [0.15, 0.2) is 57.7 Å². The number of fused-ring (bicyclic) bond motifs is 2. The van der Waals surface area contributed by atoms with Gasteiger partial charge in [-0.2, -0.15) is 0 Å². The van der Waals surface area contributed by atoms with E-state index < -0.39 is 11.9 Å². The highest BCUT2D eigenvalue weighted by atomic mass is 19.1. The molecular weight excluding hydrogens is 359 g/mol. The van der Waals surface area contributed by atoms with Crippen LogP contribution in [0.5, 0.6) is 0 Å². The van der Waals surface area contributed by atoms with E-state index in [0.29, 0.717) is 28.6 Å². The number of benzene rings is 2. The maximum Gasteiger partial charge on any atom is 0.290 e. The lowest BCUT2D eigenvalue weighted by Crippen LogP contribution is -2.32. The molecule has 2 aromatic carbocycles. The molecule has 3 aromatic rings. The molecule has 2 heterocycles. The molecule has 6 heteroatoms. The van der Waals surface area contributed by atoms with Crippen molar-refractivity contribution in [2.24, 2.45) is 0 Å². The van der Waals surface area contributed by atoms with Crippen LogP contribution in [0.1, 0.15) is 34.1 Å². The van der Waals surface area contributed by atoms with Gasteiger partial charge in [-0.25, -0.2) is 4.39 Å². The zero-order valence-corrected chi connectivity index (χ0v) is 15.8. The third-order valence-electron chi connectivity index (χ3n) is 5.04. The number of hydrogen-bond acceptors (Lipinski definition) is 4. The number of amides is 1. The molecule has 0 bridgehead atoms. The Morgan fingerprint density at radius 1 is 1.11 bits per heavy atom. The third kappa shape index (κ3) is 3.10. The van der Waals surface area contributed by atoms with Gasteiger partial charge in [-0.1, -0.05) is 24.3 Å². The Hall–Kier alpha value is -2.99. The monoisotopic (exact) mass is 380 g/mol. The molecule has 1 atom stereocenters. The molecule has 1 amide bonds. The number of para-hydroxylation sites is 1. The zero-order chi connectivity index (χ0) is 19.8. The minimum absolute atomic E-state index is 0.0582. The summed E-state index contributed by atoms with van der Waals surface area (Å²) >= 11 is 0. The van der Waals surface area contributed by atoms with E-state index in [2.05, 4.69) is 0 Å². The van der Waals surface area contributed by atoms with Gasteiger partial charge >= 0.3 is 0 Å². The van der Waals surface area contributed by atoms with Gasteiger partial charge in [0.15, 0.2) is 5.43 Å². The quantitative estimate of drug-likeness (QED) is 0.681. The zero-order valence-electron chi connectivity index (χ0n) is 15.8. The summed E-state index contributed by atoms with van der Waals surface area (Å²) in [4.78, 5) is 30.0. The summed E-state index contributed by atoms with van der Waals surface area (Å²) in [6.45, 7) is 1.23. The maximum absolute atomic E-state index is 13.9. The van der Waals surface area contributed by atoms with Gasteiger partial charge in [0.25, 0.3) is 5.91 Å². The molecule has 0 fully saturated rings. The van der Waals surface area contributed by atoms with Crippen molar-refractivity contribution in [2.75, 3.05) is 27.2 Å². The molecule has 1 aromatic heterocycles. The van der Waals surface area contributed by atoms with E-state index in [4.69, 9.17) is 4.42 Å². The highest BCUT2D eigenvalue weighted by molar-refractivity contribution is 5.99. The van der Waals surface area contributed by atoms with Gasteiger partial charge in [-0.3, -0.25) is 9.59 Å². The fourth-order valence-electron chi connectivity index (χ4n) is 3.78. The average molecular weight is 380 g/mol.